The van der Waals surface area contributed by atoms with Crippen LogP contribution in [0.15, 0.2) is 18.2 Å². The summed E-state index contributed by atoms with van der Waals surface area (Å²) in [6.45, 7) is -1.13. The highest BCUT2D eigenvalue weighted by molar-refractivity contribution is 5.95. The SMILES string of the molecule is COc1cc(OCCCOCC(F)(F)F)cc(C(=N)N)c1. The van der Waals surface area contributed by atoms with Crippen LogP contribution in [0.25, 0.3) is 0 Å². The summed E-state index contributed by atoms with van der Waals surface area (Å²) in [5.74, 6) is 0.772. The van der Waals surface area contributed by atoms with Crippen molar-refractivity contribution in [3.8, 4) is 11.5 Å². The molecule has 0 radical (unpaired) electrons. The number of methoxy groups -OCH3 is 1. The molecule has 0 atom stereocenters. The fraction of sp³-hybridized carbons (Fsp3) is 0.462. The van der Waals surface area contributed by atoms with Gasteiger partial charge in [0.1, 0.15) is 23.9 Å². The molecule has 0 saturated carbocycles. The molecule has 0 aromatic heterocycles. The normalized spacial score (nSPS) is 11.2. The van der Waals surface area contributed by atoms with Crippen LogP contribution < -0.4 is 15.2 Å². The molecule has 1 rings (SSSR count). The van der Waals surface area contributed by atoms with E-state index >= 15 is 0 Å². The molecule has 1 aromatic carbocycles. The molecular weight excluding hydrogens is 289 g/mol. The summed E-state index contributed by atoms with van der Waals surface area (Å²) >= 11 is 0. The van der Waals surface area contributed by atoms with Crippen molar-refractivity contribution in [1.29, 1.82) is 5.41 Å². The topological polar surface area (TPSA) is 77.6 Å². The van der Waals surface area contributed by atoms with Gasteiger partial charge in [-0.15, -0.1) is 0 Å². The molecule has 0 bridgehead atoms. The van der Waals surface area contributed by atoms with Gasteiger partial charge in [-0.3, -0.25) is 5.41 Å². The Morgan fingerprint density at radius 2 is 1.86 bits per heavy atom. The van der Waals surface area contributed by atoms with Gasteiger partial charge in [-0.25, -0.2) is 0 Å². The van der Waals surface area contributed by atoms with Crippen LogP contribution in [0.4, 0.5) is 13.2 Å². The molecule has 0 heterocycles. The Hall–Kier alpha value is -1.96. The standard InChI is InChI=1S/C13H17F3N2O3/c1-19-10-5-9(12(17)18)6-11(7-10)21-4-2-3-20-8-13(14,15)16/h5-7H,2-4,8H2,1H3,(H3,17,18). The molecule has 1 aromatic rings. The summed E-state index contributed by atoms with van der Waals surface area (Å²) in [6.07, 6.45) is -4.01. The number of nitrogen functional groups attached to an aromatic ring is 1. The second-order valence-electron chi connectivity index (χ2n) is 4.18. The summed E-state index contributed by atoms with van der Waals surface area (Å²) in [5, 5.41) is 7.37. The molecule has 0 spiro atoms. The fourth-order valence-corrected chi connectivity index (χ4v) is 1.47. The van der Waals surface area contributed by atoms with Crippen LogP contribution in [0.2, 0.25) is 0 Å². The first-order valence-electron chi connectivity index (χ1n) is 6.12. The van der Waals surface area contributed by atoms with Crippen LogP contribution in [0.3, 0.4) is 0 Å². The maximum Gasteiger partial charge on any atom is 0.411 e. The van der Waals surface area contributed by atoms with Crippen molar-refractivity contribution >= 4 is 5.84 Å². The predicted octanol–water partition coefficient (Wildman–Crippen LogP) is 2.33. The lowest BCUT2D eigenvalue weighted by Gasteiger charge is -2.11. The molecule has 0 unspecified atom stereocenters. The quantitative estimate of drug-likeness (QED) is 0.439. The van der Waals surface area contributed by atoms with Crippen LogP contribution in [-0.4, -0.2) is 38.9 Å². The molecule has 0 aliphatic heterocycles. The molecular formula is C13H17F3N2O3. The molecule has 5 nitrogen and oxygen atoms in total. The lowest BCUT2D eigenvalue weighted by molar-refractivity contribution is -0.174. The highest BCUT2D eigenvalue weighted by Gasteiger charge is 2.27. The Balaban J connectivity index is 2.41. The minimum atomic E-state index is -4.32. The number of benzene rings is 1. The lowest BCUT2D eigenvalue weighted by atomic mass is 10.2. The number of amidine groups is 1. The molecule has 0 aliphatic carbocycles. The van der Waals surface area contributed by atoms with Crippen molar-refractivity contribution in [3.05, 3.63) is 23.8 Å². The van der Waals surface area contributed by atoms with E-state index in [0.29, 0.717) is 23.5 Å². The van der Waals surface area contributed by atoms with E-state index in [1.54, 1.807) is 18.2 Å². The van der Waals surface area contributed by atoms with Crippen molar-refractivity contribution in [2.45, 2.75) is 12.6 Å². The van der Waals surface area contributed by atoms with Crippen molar-refractivity contribution in [1.82, 2.24) is 0 Å². The first-order chi connectivity index (χ1) is 9.81. The zero-order chi connectivity index (χ0) is 15.9. The van der Waals surface area contributed by atoms with Crippen LogP contribution in [-0.2, 0) is 4.74 Å². The van der Waals surface area contributed by atoms with Crippen molar-refractivity contribution in [2.75, 3.05) is 26.9 Å². The molecule has 3 N–H and O–H groups in total. The Morgan fingerprint density at radius 3 is 2.43 bits per heavy atom. The summed E-state index contributed by atoms with van der Waals surface area (Å²) in [7, 11) is 1.47. The lowest BCUT2D eigenvalue weighted by Crippen LogP contribution is -2.18. The molecule has 118 valence electrons. The van der Waals surface area contributed by atoms with E-state index in [2.05, 4.69) is 4.74 Å². The molecule has 0 saturated heterocycles. The third-order valence-corrected chi connectivity index (χ3v) is 2.39. The van der Waals surface area contributed by atoms with Gasteiger partial charge in [0.15, 0.2) is 0 Å². The second kappa shape index (κ2) is 7.72. The summed E-state index contributed by atoms with van der Waals surface area (Å²) < 4.78 is 50.4. The monoisotopic (exact) mass is 306 g/mol. The van der Waals surface area contributed by atoms with Gasteiger partial charge in [0, 0.05) is 18.1 Å². The smallest absolute Gasteiger partial charge is 0.411 e. The van der Waals surface area contributed by atoms with Crippen LogP contribution >= 0.6 is 0 Å². The fourth-order valence-electron chi connectivity index (χ4n) is 1.47. The average molecular weight is 306 g/mol. The molecule has 0 amide bonds. The van der Waals surface area contributed by atoms with E-state index in [4.69, 9.17) is 20.6 Å². The minimum absolute atomic E-state index is 0.0525. The van der Waals surface area contributed by atoms with Crippen LogP contribution in [0.1, 0.15) is 12.0 Å². The van der Waals surface area contributed by atoms with E-state index in [9.17, 15) is 13.2 Å². The van der Waals surface area contributed by atoms with E-state index in [1.807, 2.05) is 0 Å². The van der Waals surface area contributed by atoms with E-state index in [1.165, 1.54) is 7.11 Å². The number of ether oxygens (including phenoxy) is 3. The van der Waals surface area contributed by atoms with Gasteiger partial charge in [0.05, 0.1) is 20.3 Å². The Bertz CT molecular complexity index is 478. The predicted molar refractivity (Wildman–Crippen MR) is 71.0 cm³/mol. The van der Waals surface area contributed by atoms with Gasteiger partial charge < -0.3 is 19.9 Å². The van der Waals surface area contributed by atoms with Crippen molar-refractivity contribution in [3.63, 3.8) is 0 Å². The zero-order valence-electron chi connectivity index (χ0n) is 11.5. The van der Waals surface area contributed by atoms with Gasteiger partial charge in [0.25, 0.3) is 0 Å². The highest BCUT2D eigenvalue weighted by Crippen LogP contribution is 2.22. The Kier molecular flexibility index (Phi) is 6.29. The van der Waals surface area contributed by atoms with Crippen LogP contribution in [0.5, 0.6) is 11.5 Å². The third kappa shape index (κ3) is 6.84. The van der Waals surface area contributed by atoms with Gasteiger partial charge in [0.2, 0.25) is 0 Å². The highest BCUT2D eigenvalue weighted by atomic mass is 19.4. The minimum Gasteiger partial charge on any atom is -0.497 e. The first kappa shape index (κ1) is 17.1. The maximum atomic E-state index is 11.8. The number of rotatable bonds is 8. The Morgan fingerprint density at radius 1 is 1.19 bits per heavy atom. The molecule has 0 aliphatic rings. The maximum absolute atomic E-state index is 11.8. The van der Waals surface area contributed by atoms with E-state index in [0.717, 1.165) is 0 Å². The van der Waals surface area contributed by atoms with E-state index in [-0.39, 0.29) is 19.0 Å². The Labute approximate surface area is 120 Å². The third-order valence-electron chi connectivity index (χ3n) is 2.39. The number of hydrogen-bond acceptors (Lipinski definition) is 4. The zero-order valence-corrected chi connectivity index (χ0v) is 11.5. The number of hydrogen-bond donors (Lipinski definition) is 2. The summed E-state index contributed by atoms with van der Waals surface area (Å²) in [6, 6.07) is 4.74. The number of halogens is 3. The summed E-state index contributed by atoms with van der Waals surface area (Å²) in [5.41, 5.74) is 5.83. The van der Waals surface area contributed by atoms with Crippen molar-refractivity contribution < 1.29 is 27.4 Å². The van der Waals surface area contributed by atoms with Crippen molar-refractivity contribution in [2.24, 2.45) is 5.73 Å². The first-order valence-corrected chi connectivity index (χ1v) is 6.12. The van der Waals surface area contributed by atoms with Gasteiger partial charge >= 0.3 is 6.18 Å². The van der Waals surface area contributed by atoms with Gasteiger partial charge in [-0.05, 0) is 12.1 Å². The average Bonchev–Trinajstić information content (AvgIpc) is 2.41. The molecule has 21 heavy (non-hydrogen) atoms. The number of alkyl halides is 3. The second-order valence-corrected chi connectivity index (χ2v) is 4.18. The van der Waals surface area contributed by atoms with Gasteiger partial charge in [-0.2, -0.15) is 13.2 Å². The van der Waals surface area contributed by atoms with Gasteiger partial charge in [-0.1, -0.05) is 0 Å². The summed E-state index contributed by atoms with van der Waals surface area (Å²) in [4.78, 5) is 0. The molecule has 8 heteroatoms. The van der Waals surface area contributed by atoms with Crippen LogP contribution in [0, 0.1) is 5.41 Å². The molecule has 0 fully saturated rings. The number of nitrogens with two attached hydrogens (primary N) is 1. The van der Waals surface area contributed by atoms with E-state index < -0.39 is 12.8 Å². The number of nitrogens with one attached hydrogen (secondary N) is 1. The largest absolute Gasteiger partial charge is 0.497 e.